The lowest BCUT2D eigenvalue weighted by Crippen LogP contribution is -2.06. The predicted octanol–water partition coefficient (Wildman–Crippen LogP) is 2.26. The van der Waals surface area contributed by atoms with Crippen LogP contribution in [0.1, 0.15) is 29.4 Å². The van der Waals surface area contributed by atoms with Gasteiger partial charge in [0.15, 0.2) is 0 Å². The van der Waals surface area contributed by atoms with Gasteiger partial charge in [-0.15, -0.1) is 0 Å². The van der Waals surface area contributed by atoms with Gasteiger partial charge in [-0.05, 0) is 31.0 Å². The number of aryl methyl sites for hydroxylation is 1. The molecule has 4 heteroatoms. The number of anilines is 1. The fraction of sp³-hybridized carbons (Fsp3) is 0.286. The summed E-state index contributed by atoms with van der Waals surface area (Å²) in [6, 6.07) is 9.65. The Morgan fingerprint density at radius 1 is 1.33 bits per heavy atom. The van der Waals surface area contributed by atoms with Gasteiger partial charge >= 0.3 is 0 Å². The first-order chi connectivity index (χ1) is 8.65. The molecular formula is C14H16N4. The quantitative estimate of drug-likeness (QED) is 0.894. The third kappa shape index (κ3) is 2.21. The zero-order valence-electron chi connectivity index (χ0n) is 10.6. The number of rotatable bonds is 3. The number of aromatic nitrogens is 2. The van der Waals surface area contributed by atoms with E-state index in [0.29, 0.717) is 12.1 Å². The van der Waals surface area contributed by atoms with Crippen molar-refractivity contribution in [3.8, 4) is 6.07 Å². The van der Waals surface area contributed by atoms with Crippen LogP contribution in [0.2, 0.25) is 0 Å². The van der Waals surface area contributed by atoms with E-state index in [-0.39, 0.29) is 0 Å². The van der Waals surface area contributed by atoms with Crippen molar-refractivity contribution < 1.29 is 0 Å². The number of hydrogen-bond acceptors (Lipinski definition) is 3. The summed E-state index contributed by atoms with van der Waals surface area (Å²) < 4.78 is 1.94. The molecule has 2 aromatic rings. The molecule has 0 aliphatic heterocycles. The van der Waals surface area contributed by atoms with E-state index in [1.807, 2.05) is 35.9 Å². The number of hydrogen-bond donors (Lipinski definition) is 1. The lowest BCUT2D eigenvalue weighted by molar-refractivity contribution is 0.645. The van der Waals surface area contributed by atoms with Gasteiger partial charge in [-0.2, -0.15) is 10.4 Å². The summed E-state index contributed by atoms with van der Waals surface area (Å²) in [6.45, 7) is 4.68. The predicted molar refractivity (Wildman–Crippen MR) is 71.0 cm³/mol. The maximum absolute atomic E-state index is 8.76. The van der Waals surface area contributed by atoms with Crippen LogP contribution >= 0.6 is 0 Å². The highest BCUT2D eigenvalue weighted by Crippen LogP contribution is 2.18. The Morgan fingerprint density at radius 3 is 2.56 bits per heavy atom. The molecule has 4 nitrogen and oxygen atoms in total. The normalized spacial score (nSPS) is 10.3. The topological polar surface area (TPSA) is 67.6 Å². The van der Waals surface area contributed by atoms with Crippen LogP contribution in [-0.2, 0) is 13.0 Å². The SMILES string of the molecule is CCc1c(N)c(C)nn1Cc1ccc(C#N)cc1. The zero-order valence-corrected chi connectivity index (χ0v) is 10.6. The maximum Gasteiger partial charge on any atom is 0.0991 e. The molecule has 0 fully saturated rings. The minimum Gasteiger partial charge on any atom is -0.396 e. The van der Waals surface area contributed by atoms with Crippen LogP contribution in [0.15, 0.2) is 24.3 Å². The van der Waals surface area contributed by atoms with Crippen LogP contribution in [0, 0.1) is 18.3 Å². The number of nitrogen functional groups attached to an aromatic ring is 1. The lowest BCUT2D eigenvalue weighted by atomic mass is 10.1. The van der Waals surface area contributed by atoms with Crippen LogP contribution in [0.4, 0.5) is 5.69 Å². The van der Waals surface area contributed by atoms with E-state index in [1.165, 1.54) is 0 Å². The smallest absolute Gasteiger partial charge is 0.0991 e. The van der Waals surface area contributed by atoms with E-state index < -0.39 is 0 Å². The van der Waals surface area contributed by atoms with Crippen molar-refractivity contribution in [3.05, 3.63) is 46.8 Å². The van der Waals surface area contributed by atoms with E-state index in [4.69, 9.17) is 11.0 Å². The Balaban J connectivity index is 2.28. The minimum absolute atomic E-state index is 0.672. The van der Waals surface area contributed by atoms with Crippen molar-refractivity contribution in [1.82, 2.24) is 9.78 Å². The Morgan fingerprint density at radius 2 is 2.00 bits per heavy atom. The molecule has 0 amide bonds. The molecule has 0 radical (unpaired) electrons. The molecule has 0 aliphatic carbocycles. The molecule has 92 valence electrons. The number of nitriles is 1. The summed E-state index contributed by atoms with van der Waals surface area (Å²) in [5.74, 6) is 0. The van der Waals surface area contributed by atoms with Crippen molar-refractivity contribution in [2.45, 2.75) is 26.8 Å². The number of benzene rings is 1. The maximum atomic E-state index is 8.76. The van der Waals surface area contributed by atoms with E-state index in [2.05, 4.69) is 18.1 Å². The van der Waals surface area contributed by atoms with Crippen LogP contribution in [0.3, 0.4) is 0 Å². The summed E-state index contributed by atoms with van der Waals surface area (Å²) in [7, 11) is 0. The van der Waals surface area contributed by atoms with Crippen molar-refractivity contribution in [1.29, 1.82) is 5.26 Å². The van der Waals surface area contributed by atoms with Gasteiger partial charge < -0.3 is 5.73 Å². The highest BCUT2D eigenvalue weighted by Gasteiger charge is 2.10. The Hall–Kier alpha value is -2.28. The van der Waals surface area contributed by atoms with Crippen LogP contribution in [-0.4, -0.2) is 9.78 Å². The molecule has 0 unspecified atom stereocenters. The molecule has 18 heavy (non-hydrogen) atoms. The second-order valence-electron chi connectivity index (χ2n) is 4.27. The summed E-state index contributed by atoms with van der Waals surface area (Å²) in [5.41, 5.74) is 10.5. The second-order valence-corrected chi connectivity index (χ2v) is 4.27. The third-order valence-electron chi connectivity index (χ3n) is 3.03. The average Bonchev–Trinajstić information content (AvgIpc) is 2.65. The van der Waals surface area contributed by atoms with Crippen molar-refractivity contribution in [3.63, 3.8) is 0 Å². The van der Waals surface area contributed by atoms with E-state index in [9.17, 15) is 0 Å². The van der Waals surface area contributed by atoms with Crippen molar-refractivity contribution in [2.24, 2.45) is 0 Å². The fourth-order valence-electron chi connectivity index (χ4n) is 2.00. The molecule has 2 rings (SSSR count). The zero-order chi connectivity index (χ0) is 13.1. The van der Waals surface area contributed by atoms with Gasteiger partial charge in [-0.1, -0.05) is 19.1 Å². The molecule has 0 saturated carbocycles. The Kier molecular flexibility index (Phi) is 3.33. The number of nitrogens with zero attached hydrogens (tertiary/aromatic N) is 3. The summed E-state index contributed by atoms with van der Waals surface area (Å²) in [6.07, 6.45) is 0.864. The summed E-state index contributed by atoms with van der Waals surface area (Å²) >= 11 is 0. The van der Waals surface area contributed by atoms with Crippen LogP contribution < -0.4 is 5.73 Å². The van der Waals surface area contributed by atoms with Crippen molar-refractivity contribution >= 4 is 5.69 Å². The summed E-state index contributed by atoms with van der Waals surface area (Å²) in [5, 5.41) is 13.2. The highest BCUT2D eigenvalue weighted by atomic mass is 15.3. The second kappa shape index (κ2) is 4.92. The molecule has 0 bridgehead atoms. The van der Waals surface area contributed by atoms with Gasteiger partial charge in [0.25, 0.3) is 0 Å². The van der Waals surface area contributed by atoms with E-state index in [1.54, 1.807) is 0 Å². The first-order valence-electron chi connectivity index (χ1n) is 5.96. The lowest BCUT2D eigenvalue weighted by Gasteiger charge is -2.06. The minimum atomic E-state index is 0.672. The van der Waals surface area contributed by atoms with Crippen molar-refractivity contribution in [2.75, 3.05) is 5.73 Å². The molecule has 1 heterocycles. The Labute approximate surface area is 107 Å². The van der Waals surface area contributed by atoms with Gasteiger partial charge in [-0.25, -0.2) is 0 Å². The molecule has 0 spiro atoms. The standard InChI is InChI=1S/C14H16N4/c1-3-13-14(16)10(2)17-18(13)9-12-6-4-11(8-15)5-7-12/h4-7H,3,9,16H2,1-2H3. The first-order valence-corrected chi connectivity index (χ1v) is 5.96. The summed E-state index contributed by atoms with van der Waals surface area (Å²) in [4.78, 5) is 0. The number of nitrogens with two attached hydrogens (primary N) is 1. The van der Waals surface area contributed by atoms with Gasteiger partial charge in [0, 0.05) is 0 Å². The third-order valence-corrected chi connectivity index (χ3v) is 3.03. The molecule has 2 N–H and O–H groups in total. The van der Waals surface area contributed by atoms with Gasteiger partial charge in [-0.3, -0.25) is 4.68 Å². The molecule has 0 atom stereocenters. The molecule has 0 saturated heterocycles. The van der Waals surface area contributed by atoms with Crippen LogP contribution in [0.25, 0.3) is 0 Å². The molecule has 0 aliphatic rings. The van der Waals surface area contributed by atoms with Gasteiger partial charge in [0.05, 0.1) is 35.3 Å². The fourth-order valence-corrected chi connectivity index (χ4v) is 2.00. The van der Waals surface area contributed by atoms with Crippen LogP contribution in [0.5, 0.6) is 0 Å². The van der Waals surface area contributed by atoms with Gasteiger partial charge in [0.2, 0.25) is 0 Å². The molecule has 1 aromatic heterocycles. The largest absolute Gasteiger partial charge is 0.396 e. The first kappa shape index (κ1) is 12.2. The molecule has 1 aromatic carbocycles. The highest BCUT2D eigenvalue weighted by molar-refractivity contribution is 5.48. The van der Waals surface area contributed by atoms with Gasteiger partial charge in [0.1, 0.15) is 0 Å². The van der Waals surface area contributed by atoms with E-state index in [0.717, 1.165) is 29.1 Å². The monoisotopic (exact) mass is 240 g/mol. The molecular weight excluding hydrogens is 224 g/mol. The Bertz CT molecular complexity index is 587. The van der Waals surface area contributed by atoms with E-state index >= 15 is 0 Å². The average molecular weight is 240 g/mol.